The number of piperazine rings is 1. The van der Waals surface area contributed by atoms with Crippen LogP contribution in [0, 0.1) is 23.0 Å². The number of rotatable bonds is 7. The smallest absolute Gasteiger partial charge is 0.319 e. The summed E-state index contributed by atoms with van der Waals surface area (Å²) < 4.78 is 53.0. The number of anilines is 1. The molecule has 4 aromatic rings. The Morgan fingerprint density at radius 2 is 1.94 bits per heavy atom. The number of benzene rings is 2. The molecule has 3 aliphatic heterocycles. The van der Waals surface area contributed by atoms with Crippen LogP contribution in [0.15, 0.2) is 49.1 Å². The molecular weight excluding hydrogens is 631 g/mol. The van der Waals surface area contributed by atoms with Gasteiger partial charge in [0.05, 0.1) is 29.6 Å². The molecule has 3 fully saturated rings. The molecule has 0 bridgehead atoms. The van der Waals surface area contributed by atoms with E-state index in [1.165, 1.54) is 17.2 Å². The molecule has 5 heterocycles. The Balaban J connectivity index is 1.36. The minimum absolute atomic E-state index is 0.0388. The zero-order chi connectivity index (χ0) is 32.9. The SMILES string of the molecule is C=C(F)C(=O)N1CCN(c2nc(OCC34CCCN3CCC4)nc3c(F)c(-c4cncc5cccc(Cl)c45)c(F)cc23)C[C@@H]1CC#N. The molecule has 0 aliphatic carbocycles. The van der Waals surface area contributed by atoms with E-state index in [-0.39, 0.29) is 65.5 Å². The van der Waals surface area contributed by atoms with Crippen LogP contribution in [-0.2, 0) is 4.79 Å². The molecular formula is C34H31ClF3N7O2. The Morgan fingerprint density at radius 3 is 2.68 bits per heavy atom. The second-order valence-corrected chi connectivity index (χ2v) is 12.8. The van der Waals surface area contributed by atoms with Gasteiger partial charge in [-0.05, 0) is 50.9 Å². The molecule has 7 rings (SSSR count). The maximum absolute atomic E-state index is 16.8. The Labute approximate surface area is 274 Å². The van der Waals surface area contributed by atoms with E-state index in [0.29, 0.717) is 22.4 Å². The molecule has 0 radical (unpaired) electrons. The molecule has 47 heavy (non-hydrogen) atoms. The minimum atomic E-state index is -1.13. The summed E-state index contributed by atoms with van der Waals surface area (Å²) in [4.78, 5) is 31.3. The van der Waals surface area contributed by atoms with Gasteiger partial charge in [0.25, 0.3) is 5.91 Å². The van der Waals surface area contributed by atoms with Crippen molar-refractivity contribution in [2.75, 3.05) is 44.2 Å². The second-order valence-electron chi connectivity index (χ2n) is 12.4. The van der Waals surface area contributed by atoms with E-state index in [2.05, 4.69) is 26.4 Å². The third kappa shape index (κ3) is 5.41. The summed E-state index contributed by atoms with van der Waals surface area (Å²) in [5, 5.41) is 11.0. The van der Waals surface area contributed by atoms with E-state index in [0.717, 1.165) is 38.8 Å². The van der Waals surface area contributed by atoms with E-state index >= 15 is 8.78 Å². The van der Waals surface area contributed by atoms with Crippen molar-refractivity contribution in [3.8, 4) is 23.2 Å². The lowest BCUT2D eigenvalue weighted by Gasteiger charge is -2.41. The molecule has 0 saturated carbocycles. The molecule has 242 valence electrons. The van der Waals surface area contributed by atoms with Crippen LogP contribution in [0.2, 0.25) is 5.02 Å². The van der Waals surface area contributed by atoms with E-state index in [9.17, 15) is 14.4 Å². The second kappa shape index (κ2) is 12.3. The largest absolute Gasteiger partial charge is 0.461 e. The number of aromatic nitrogens is 3. The van der Waals surface area contributed by atoms with Gasteiger partial charge >= 0.3 is 6.01 Å². The summed E-state index contributed by atoms with van der Waals surface area (Å²) in [6, 6.07) is 7.57. The first-order valence-corrected chi connectivity index (χ1v) is 16.0. The van der Waals surface area contributed by atoms with Gasteiger partial charge in [-0.3, -0.25) is 14.7 Å². The van der Waals surface area contributed by atoms with Gasteiger partial charge < -0.3 is 14.5 Å². The van der Waals surface area contributed by atoms with E-state index in [1.54, 1.807) is 29.3 Å². The first kappa shape index (κ1) is 31.1. The highest BCUT2D eigenvalue weighted by molar-refractivity contribution is 6.36. The average Bonchev–Trinajstić information content (AvgIpc) is 3.64. The number of carbonyl (C=O) groups is 1. The summed E-state index contributed by atoms with van der Waals surface area (Å²) in [5.41, 5.74) is -0.471. The van der Waals surface area contributed by atoms with Crippen molar-refractivity contribution < 1.29 is 22.7 Å². The van der Waals surface area contributed by atoms with Crippen molar-refractivity contribution in [3.05, 3.63) is 65.7 Å². The zero-order valence-corrected chi connectivity index (χ0v) is 26.2. The topological polar surface area (TPSA) is 98.5 Å². The minimum Gasteiger partial charge on any atom is -0.461 e. The van der Waals surface area contributed by atoms with Crippen molar-refractivity contribution in [2.24, 2.45) is 0 Å². The Bertz CT molecular complexity index is 1950. The van der Waals surface area contributed by atoms with Crippen LogP contribution < -0.4 is 9.64 Å². The number of pyridine rings is 1. The number of halogens is 4. The lowest BCUT2D eigenvalue weighted by molar-refractivity contribution is -0.131. The standard InChI is InChI=1S/C34H31ClF3N7O2/c1-20(36)32(46)45-14-13-43(18-22(45)7-10-39)31-23-15-26(37)28(24-17-40-16-21-5-2-6-25(35)27(21)24)29(38)30(23)41-33(42-31)47-19-34-8-3-11-44(34)12-4-9-34/h2,5-6,15-17,22H,1,3-4,7-9,11-14,18-19H2/t22-/m0/s1. The third-order valence-electron chi connectivity index (χ3n) is 9.73. The Hall–Kier alpha value is -4.47. The average molecular weight is 662 g/mol. The lowest BCUT2D eigenvalue weighted by atomic mass is 9.95. The summed E-state index contributed by atoms with van der Waals surface area (Å²) in [6.07, 6.45) is 6.90. The fourth-order valence-electron chi connectivity index (χ4n) is 7.50. The number of carbonyl (C=O) groups excluding carboxylic acids is 1. The molecule has 2 aromatic carbocycles. The van der Waals surface area contributed by atoms with Gasteiger partial charge in [-0.15, -0.1) is 0 Å². The van der Waals surface area contributed by atoms with Crippen LogP contribution in [0.5, 0.6) is 6.01 Å². The number of nitriles is 1. The molecule has 0 unspecified atom stereocenters. The number of fused-ring (bicyclic) bond motifs is 3. The van der Waals surface area contributed by atoms with Crippen LogP contribution in [0.3, 0.4) is 0 Å². The number of amides is 1. The van der Waals surface area contributed by atoms with Crippen molar-refractivity contribution in [1.82, 2.24) is 24.8 Å². The molecule has 0 spiro atoms. The van der Waals surface area contributed by atoms with Gasteiger partial charge in [0.1, 0.15) is 23.8 Å². The highest BCUT2D eigenvalue weighted by Crippen LogP contribution is 2.42. The maximum Gasteiger partial charge on any atom is 0.319 e. The van der Waals surface area contributed by atoms with E-state index < -0.39 is 29.4 Å². The molecule has 13 heteroatoms. The Kier molecular flexibility index (Phi) is 8.14. The van der Waals surface area contributed by atoms with Crippen molar-refractivity contribution in [3.63, 3.8) is 0 Å². The number of hydrogen-bond acceptors (Lipinski definition) is 8. The van der Waals surface area contributed by atoms with Crippen molar-refractivity contribution in [1.29, 1.82) is 5.26 Å². The fourth-order valence-corrected chi connectivity index (χ4v) is 7.79. The first-order chi connectivity index (χ1) is 22.7. The zero-order valence-electron chi connectivity index (χ0n) is 25.5. The van der Waals surface area contributed by atoms with Gasteiger partial charge in [0.2, 0.25) is 0 Å². The van der Waals surface area contributed by atoms with E-state index in [1.807, 2.05) is 6.07 Å². The van der Waals surface area contributed by atoms with Crippen LogP contribution in [0.4, 0.5) is 19.0 Å². The number of nitrogens with zero attached hydrogens (tertiary/aromatic N) is 7. The monoisotopic (exact) mass is 661 g/mol. The third-order valence-corrected chi connectivity index (χ3v) is 10.0. The first-order valence-electron chi connectivity index (χ1n) is 15.6. The summed E-state index contributed by atoms with van der Waals surface area (Å²) in [6.45, 7) is 5.65. The van der Waals surface area contributed by atoms with Gasteiger partial charge in [0.15, 0.2) is 11.6 Å². The van der Waals surface area contributed by atoms with Gasteiger partial charge in [-0.25, -0.2) is 13.2 Å². The predicted octanol–water partition coefficient (Wildman–Crippen LogP) is 6.20. The normalized spacial score (nSPS) is 19.3. The molecule has 9 nitrogen and oxygen atoms in total. The molecule has 0 N–H and O–H groups in total. The highest BCUT2D eigenvalue weighted by atomic mass is 35.5. The van der Waals surface area contributed by atoms with Crippen LogP contribution in [0.1, 0.15) is 32.1 Å². The number of ether oxygens (including phenoxy) is 1. The van der Waals surface area contributed by atoms with Gasteiger partial charge in [-0.1, -0.05) is 30.3 Å². The molecule has 2 aromatic heterocycles. The fraction of sp³-hybridized carbons (Fsp3) is 0.382. The van der Waals surface area contributed by atoms with Gasteiger partial charge in [-0.2, -0.15) is 15.2 Å². The summed E-state index contributed by atoms with van der Waals surface area (Å²) in [5.74, 6) is -3.64. The Morgan fingerprint density at radius 1 is 1.15 bits per heavy atom. The maximum atomic E-state index is 16.8. The lowest BCUT2D eigenvalue weighted by Crippen LogP contribution is -2.55. The van der Waals surface area contributed by atoms with Crippen LogP contribution in [-0.4, -0.2) is 81.6 Å². The highest BCUT2D eigenvalue weighted by Gasteiger charge is 2.45. The van der Waals surface area contributed by atoms with Crippen molar-refractivity contribution in [2.45, 2.75) is 43.7 Å². The summed E-state index contributed by atoms with van der Waals surface area (Å²) >= 11 is 6.52. The van der Waals surface area contributed by atoms with Crippen molar-refractivity contribution >= 4 is 45.0 Å². The molecule has 1 amide bonds. The molecule has 1 atom stereocenters. The van der Waals surface area contributed by atoms with Crippen LogP contribution in [0.25, 0.3) is 32.8 Å². The van der Waals surface area contributed by atoms with E-state index in [4.69, 9.17) is 16.3 Å². The summed E-state index contributed by atoms with van der Waals surface area (Å²) in [7, 11) is 0. The number of hydrogen-bond donors (Lipinski definition) is 0. The molecule has 3 saturated heterocycles. The molecule has 3 aliphatic rings. The predicted molar refractivity (Wildman–Crippen MR) is 172 cm³/mol. The van der Waals surface area contributed by atoms with Gasteiger partial charge in [0, 0.05) is 58.8 Å². The quantitative estimate of drug-likeness (QED) is 0.216. The van der Waals surface area contributed by atoms with Crippen LogP contribution >= 0.6 is 11.6 Å².